The van der Waals surface area contributed by atoms with E-state index < -0.39 is 0 Å². The highest BCUT2D eigenvalue weighted by Gasteiger charge is 2.36. The fourth-order valence-electron chi connectivity index (χ4n) is 4.13. The van der Waals surface area contributed by atoms with Crippen LogP contribution in [0.15, 0.2) is 29.2 Å². The standard InChI is InChI=1S/C19H29NS/c1-14-12-19(2,3)13-18(14)20-15-8-10-17(11-9-15)21-16-6-4-5-7-16/h8-11,14,16,18,20H,4-7,12-13H2,1-3H3. The first-order valence-electron chi connectivity index (χ1n) is 8.55. The van der Waals surface area contributed by atoms with Gasteiger partial charge in [-0.05, 0) is 61.3 Å². The molecule has 1 aromatic rings. The average molecular weight is 304 g/mol. The van der Waals surface area contributed by atoms with Gasteiger partial charge < -0.3 is 5.32 Å². The van der Waals surface area contributed by atoms with Gasteiger partial charge >= 0.3 is 0 Å². The van der Waals surface area contributed by atoms with Crippen molar-refractivity contribution < 1.29 is 0 Å². The van der Waals surface area contributed by atoms with Gasteiger partial charge in [0.25, 0.3) is 0 Å². The quantitative estimate of drug-likeness (QED) is 0.736. The molecule has 2 atom stereocenters. The van der Waals surface area contributed by atoms with Crippen molar-refractivity contribution in [3.05, 3.63) is 24.3 Å². The average Bonchev–Trinajstić information content (AvgIpc) is 3.00. The van der Waals surface area contributed by atoms with Crippen LogP contribution in [-0.4, -0.2) is 11.3 Å². The predicted octanol–water partition coefficient (Wildman–Crippen LogP) is 5.96. The molecule has 0 heterocycles. The van der Waals surface area contributed by atoms with Crippen LogP contribution >= 0.6 is 11.8 Å². The molecule has 2 aliphatic rings. The summed E-state index contributed by atoms with van der Waals surface area (Å²) in [6, 6.07) is 9.78. The lowest BCUT2D eigenvalue weighted by atomic mass is 9.91. The fourth-order valence-corrected chi connectivity index (χ4v) is 5.38. The Kier molecular flexibility index (Phi) is 4.54. The smallest absolute Gasteiger partial charge is 0.0343 e. The van der Waals surface area contributed by atoms with Gasteiger partial charge in [0.2, 0.25) is 0 Å². The van der Waals surface area contributed by atoms with Crippen molar-refractivity contribution in [3.63, 3.8) is 0 Å². The Bertz CT molecular complexity index is 459. The number of rotatable bonds is 4. The molecule has 0 radical (unpaired) electrons. The number of benzene rings is 1. The lowest BCUT2D eigenvalue weighted by Gasteiger charge is -2.20. The maximum atomic E-state index is 3.76. The molecule has 1 nitrogen and oxygen atoms in total. The summed E-state index contributed by atoms with van der Waals surface area (Å²) in [6.07, 6.45) is 8.27. The zero-order chi connectivity index (χ0) is 14.9. The number of thioether (sulfide) groups is 1. The van der Waals surface area contributed by atoms with Crippen LogP contribution < -0.4 is 5.32 Å². The normalized spacial score (nSPS) is 28.9. The van der Waals surface area contributed by atoms with Crippen LogP contribution in [0.1, 0.15) is 59.3 Å². The Morgan fingerprint density at radius 1 is 1.05 bits per heavy atom. The summed E-state index contributed by atoms with van der Waals surface area (Å²) < 4.78 is 0. The molecule has 2 unspecified atom stereocenters. The molecule has 2 fully saturated rings. The molecule has 2 aliphatic carbocycles. The van der Waals surface area contributed by atoms with E-state index in [4.69, 9.17) is 0 Å². The van der Waals surface area contributed by atoms with Crippen molar-refractivity contribution in [1.29, 1.82) is 0 Å². The van der Waals surface area contributed by atoms with Gasteiger partial charge in [-0.25, -0.2) is 0 Å². The Morgan fingerprint density at radius 2 is 1.71 bits per heavy atom. The maximum absolute atomic E-state index is 3.76. The largest absolute Gasteiger partial charge is 0.382 e. The minimum atomic E-state index is 0.495. The third-order valence-corrected chi connectivity index (χ3v) is 6.49. The third-order valence-electron chi connectivity index (χ3n) is 5.15. The Morgan fingerprint density at radius 3 is 2.29 bits per heavy atom. The van der Waals surface area contributed by atoms with E-state index in [-0.39, 0.29) is 0 Å². The molecule has 3 rings (SSSR count). The Balaban J connectivity index is 1.57. The number of hydrogen-bond acceptors (Lipinski definition) is 2. The van der Waals surface area contributed by atoms with Crippen molar-refractivity contribution in [2.75, 3.05) is 5.32 Å². The van der Waals surface area contributed by atoms with Gasteiger partial charge in [0.1, 0.15) is 0 Å². The zero-order valence-corrected chi connectivity index (χ0v) is 14.5. The predicted molar refractivity (Wildman–Crippen MR) is 94.1 cm³/mol. The molecule has 1 aromatic carbocycles. The minimum Gasteiger partial charge on any atom is -0.382 e. The zero-order valence-electron chi connectivity index (χ0n) is 13.7. The van der Waals surface area contributed by atoms with E-state index in [1.165, 1.54) is 49.1 Å². The summed E-state index contributed by atoms with van der Waals surface area (Å²) in [5.41, 5.74) is 1.79. The molecule has 0 aliphatic heterocycles. The van der Waals surface area contributed by atoms with E-state index in [1.807, 2.05) is 0 Å². The summed E-state index contributed by atoms with van der Waals surface area (Å²) >= 11 is 2.08. The van der Waals surface area contributed by atoms with E-state index >= 15 is 0 Å². The Hall–Kier alpha value is -0.630. The first kappa shape index (κ1) is 15.3. The second kappa shape index (κ2) is 6.24. The van der Waals surface area contributed by atoms with E-state index in [2.05, 4.69) is 62.1 Å². The van der Waals surface area contributed by atoms with Crippen molar-refractivity contribution >= 4 is 17.4 Å². The second-order valence-electron chi connectivity index (χ2n) is 7.85. The molecule has 0 bridgehead atoms. The highest BCUT2D eigenvalue weighted by atomic mass is 32.2. The molecule has 0 spiro atoms. The van der Waals surface area contributed by atoms with Crippen LogP contribution in [0.3, 0.4) is 0 Å². The lowest BCUT2D eigenvalue weighted by molar-refractivity contribution is 0.366. The summed E-state index contributed by atoms with van der Waals surface area (Å²) in [6.45, 7) is 7.18. The highest BCUT2D eigenvalue weighted by molar-refractivity contribution is 8.00. The summed E-state index contributed by atoms with van der Waals surface area (Å²) in [4.78, 5) is 1.44. The summed E-state index contributed by atoms with van der Waals surface area (Å²) in [5.74, 6) is 0.771. The lowest BCUT2D eigenvalue weighted by Crippen LogP contribution is -2.22. The van der Waals surface area contributed by atoms with Gasteiger partial charge in [-0.1, -0.05) is 33.6 Å². The molecular formula is C19H29NS. The third kappa shape index (κ3) is 3.97. The van der Waals surface area contributed by atoms with E-state index in [1.54, 1.807) is 0 Å². The van der Waals surface area contributed by atoms with Gasteiger partial charge in [-0.15, -0.1) is 11.8 Å². The monoisotopic (exact) mass is 303 g/mol. The molecule has 2 heteroatoms. The first-order chi connectivity index (χ1) is 10.0. The SMILES string of the molecule is CC1CC(C)(C)CC1Nc1ccc(SC2CCCC2)cc1. The van der Waals surface area contributed by atoms with Gasteiger partial charge in [0, 0.05) is 21.9 Å². The molecule has 21 heavy (non-hydrogen) atoms. The number of nitrogens with one attached hydrogen (secondary N) is 1. The minimum absolute atomic E-state index is 0.495. The van der Waals surface area contributed by atoms with E-state index in [0.717, 1.165) is 11.2 Å². The molecule has 0 aromatic heterocycles. The van der Waals surface area contributed by atoms with Crippen LogP contribution in [0.25, 0.3) is 0 Å². The van der Waals surface area contributed by atoms with Crippen molar-refractivity contribution in [2.45, 2.75) is 75.5 Å². The number of anilines is 1. The Labute approximate surface area is 134 Å². The van der Waals surface area contributed by atoms with Crippen LogP contribution in [-0.2, 0) is 0 Å². The van der Waals surface area contributed by atoms with Gasteiger partial charge in [-0.2, -0.15) is 0 Å². The van der Waals surface area contributed by atoms with Gasteiger partial charge in [0.05, 0.1) is 0 Å². The van der Waals surface area contributed by atoms with Crippen molar-refractivity contribution in [3.8, 4) is 0 Å². The van der Waals surface area contributed by atoms with Crippen molar-refractivity contribution in [1.82, 2.24) is 0 Å². The molecular weight excluding hydrogens is 274 g/mol. The molecule has 116 valence electrons. The summed E-state index contributed by atoms with van der Waals surface area (Å²) in [7, 11) is 0. The van der Waals surface area contributed by atoms with Crippen LogP contribution in [0, 0.1) is 11.3 Å². The van der Waals surface area contributed by atoms with E-state index in [9.17, 15) is 0 Å². The molecule has 0 saturated heterocycles. The molecule has 1 N–H and O–H groups in total. The first-order valence-corrected chi connectivity index (χ1v) is 9.43. The van der Waals surface area contributed by atoms with Gasteiger partial charge in [-0.3, -0.25) is 0 Å². The molecule has 0 amide bonds. The molecule has 2 saturated carbocycles. The van der Waals surface area contributed by atoms with E-state index in [0.29, 0.717) is 11.5 Å². The second-order valence-corrected chi connectivity index (χ2v) is 9.22. The van der Waals surface area contributed by atoms with Gasteiger partial charge in [0.15, 0.2) is 0 Å². The van der Waals surface area contributed by atoms with Crippen LogP contribution in [0.5, 0.6) is 0 Å². The van der Waals surface area contributed by atoms with Crippen LogP contribution in [0.4, 0.5) is 5.69 Å². The topological polar surface area (TPSA) is 12.0 Å². The van der Waals surface area contributed by atoms with Crippen LogP contribution in [0.2, 0.25) is 0 Å². The maximum Gasteiger partial charge on any atom is 0.0343 e. The fraction of sp³-hybridized carbons (Fsp3) is 0.684. The van der Waals surface area contributed by atoms with Crippen molar-refractivity contribution in [2.24, 2.45) is 11.3 Å². The summed E-state index contributed by atoms with van der Waals surface area (Å²) in [5, 5.41) is 4.62. The highest BCUT2D eigenvalue weighted by Crippen LogP contribution is 2.42. The number of hydrogen-bond donors (Lipinski definition) is 1.